The average Bonchev–Trinajstić information content (AvgIpc) is 2.67. The lowest BCUT2D eigenvalue weighted by Crippen LogP contribution is -2.53. The maximum atomic E-state index is 2.55. The molecule has 156 valence electrons. The largest absolute Gasteiger partial charge is 0.0951 e. The zero-order valence-electron chi connectivity index (χ0n) is 19.3. The molecule has 1 rings (SSSR count). The van der Waals surface area contributed by atoms with Crippen molar-refractivity contribution in [2.24, 2.45) is 0 Å². The van der Waals surface area contributed by atoms with E-state index in [0.717, 1.165) is 9.79 Å². The van der Waals surface area contributed by atoms with Crippen molar-refractivity contribution in [2.75, 3.05) is 49.3 Å². The van der Waals surface area contributed by atoms with Crippen LogP contribution in [0.3, 0.4) is 0 Å². The summed E-state index contributed by atoms with van der Waals surface area (Å²) in [5.74, 6) is 0. The van der Waals surface area contributed by atoms with Crippen molar-refractivity contribution in [3.8, 4) is 0 Å². The lowest BCUT2D eigenvalue weighted by Gasteiger charge is -2.66. The number of hydrogen-bond donors (Lipinski definition) is 0. The smallest absolute Gasteiger partial charge is 0.0239 e. The first-order valence-corrected chi connectivity index (χ1v) is 18.4. The Morgan fingerprint density at radius 2 is 0.615 bits per heavy atom. The minimum absolute atomic E-state index is 0.176. The van der Waals surface area contributed by atoms with E-state index in [0.29, 0.717) is 0 Å². The summed E-state index contributed by atoms with van der Waals surface area (Å²) in [6.07, 6.45) is 18.2. The highest BCUT2D eigenvalue weighted by Gasteiger charge is 2.62. The topological polar surface area (TPSA) is 0 Å². The molecule has 0 saturated heterocycles. The first-order chi connectivity index (χ1) is 12.5. The Bertz CT molecular complexity index is 308. The van der Waals surface area contributed by atoms with Gasteiger partial charge in [-0.15, -0.1) is 0 Å². The summed E-state index contributed by atoms with van der Waals surface area (Å²) in [4.78, 5) is 1.52. The third-order valence-corrected chi connectivity index (χ3v) is 23.9. The van der Waals surface area contributed by atoms with Crippen molar-refractivity contribution in [3.63, 3.8) is 0 Å². The van der Waals surface area contributed by atoms with Gasteiger partial charge < -0.3 is 0 Å². The van der Waals surface area contributed by atoms with E-state index in [-0.39, 0.29) is 31.7 Å². The van der Waals surface area contributed by atoms with Crippen LogP contribution in [-0.4, -0.2) is 59.1 Å². The van der Waals surface area contributed by atoms with E-state index in [1.54, 1.807) is 12.8 Å². The molecule has 4 heteroatoms. The zero-order valence-corrected chi connectivity index (χ0v) is 22.9. The monoisotopic (exact) mass is 436 g/mol. The molecule has 1 saturated carbocycles. The Kier molecular flexibility index (Phi) is 12.3. The first-order valence-electron chi connectivity index (χ1n) is 11.5. The van der Waals surface area contributed by atoms with Gasteiger partial charge in [-0.25, -0.2) is 0 Å². The quantitative estimate of drug-likeness (QED) is 0.268. The molecule has 0 aromatic carbocycles. The summed E-state index contributed by atoms with van der Waals surface area (Å²) in [7, 11) is 0.703. The Balaban J connectivity index is 3.80. The summed E-state index contributed by atoms with van der Waals surface area (Å²) in [5, 5.41) is 0. The van der Waals surface area contributed by atoms with E-state index in [1.165, 1.54) is 62.1 Å². The summed E-state index contributed by atoms with van der Waals surface area (Å²) in [6, 6.07) is 0. The highest BCUT2D eigenvalue weighted by Crippen LogP contribution is 2.87. The second kappa shape index (κ2) is 12.4. The second-order valence-corrected chi connectivity index (χ2v) is 20.7. The molecule has 0 nitrogen and oxygen atoms in total. The average molecular weight is 437 g/mol. The van der Waals surface area contributed by atoms with Crippen LogP contribution in [-0.2, 0) is 0 Å². The van der Waals surface area contributed by atoms with Gasteiger partial charge in [-0.2, -0.15) is 0 Å². The molecule has 0 aromatic heterocycles. The SMILES string of the molecule is CCP(CC)C1(P(CC)CC)CCCCC1(P(CC)CC)P(CC)CC. The molecule has 1 fully saturated rings. The minimum atomic E-state index is 0.176. The molecule has 0 aliphatic heterocycles. The lowest BCUT2D eigenvalue weighted by atomic mass is 9.98. The van der Waals surface area contributed by atoms with Crippen LogP contribution in [0.25, 0.3) is 0 Å². The summed E-state index contributed by atoms with van der Waals surface area (Å²) in [5.41, 5.74) is 0. The van der Waals surface area contributed by atoms with Gasteiger partial charge in [0.15, 0.2) is 0 Å². The van der Waals surface area contributed by atoms with Crippen LogP contribution < -0.4 is 0 Å². The maximum Gasteiger partial charge on any atom is 0.0239 e. The van der Waals surface area contributed by atoms with Crippen molar-refractivity contribution in [2.45, 2.75) is 90.9 Å². The van der Waals surface area contributed by atoms with Crippen LogP contribution in [0.5, 0.6) is 0 Å². The standard InChI is InChI=1S/C22H48P4/c1-9-23(10-2)21(24(11-3)12-4)19-17-18-20-22(21,25(13-5)14-6)26(15-7)16-8/h9-20H2,1-8H3. The highest BCUT2D eigenvalue weighted by molar-refractivity contribution is 7.85. The van der Waals surface area contributed by atoms with Gasteiger partial charge in [0.25, 0.3) is 0 Å². The van der Waals surface area contributed by atoms with E-state index in [9.17, 15) is 0 Å². The maximum absolute atomic E-state index is 2.55. The molecule has 1 aliphatic carbocycles. The fourth-order valence-corrected chi connectivity index (χ4v) is 26.5. The molecule has 0 amide bonds. The minimum Gasteiger partial charge on any atom is -0.0951 e. The van der Waals surface area contributed by atoms with Crippen molar-refractivity contribution in [1.29, 1.82) is 0 Å². The molecular formula is C22H48P4. The Labute approximate surface area is 171 Å². The highest BCUT2D eigenvalue weighted by atomic mass is 31.2. The second-order valence-electron chi connectivity index (χ2n) is 7.53. The van der Waals surface area contributed by atoms with Gasteiger partial charge in [0.05, 0.1) is 0 Å². The number of rotatable bonds is 12. The van der Waals surface area contributed by atoms with E-state index in [1.807, 2.05) is 0 Å². The van der Waals surface area contributed by atoms with Crippen LogP contribution in [0, 0.1) is 0 Å². The van der Waals surface area contributed by atoms with Gasteiger partial charge in [-0.1, -0.05) is 99.9 Å². The van der Waals surface area contributed by atoms with Gasteiger partial charge in [0, 0.05) is 9.79 Å². The molecule has 0 N–H and O–H groups in total. The fraction of sp³-hybridized carbons (Fsp3) is 1.00. The van der Waals surface area contributed by atoms with Crippen LogP contribution in [0.1, 0.15) is 81.1 Å². The third kappa shape index (κ3) is 4.41. The van der Waals surface area contributed by atoms with Crippen LogP contribution in [0.4, 0.5) is 0 Å². The molecule has 26 heavy (non-hydrogen) atoms. The molecule has 0 aromatic rings. The van der Waals surface area contributed by atoms with Crippen molar-refractivity contribution >= 4 is 31.7 Å². The van der Waals surface area contributed by atoms with E-state index in [4.69, 9.17) is 0 Å². The summed E-state index contributed by atoms with van der Waals surface area (Å²) in [6.45, 7) is 20.4. The molecule has 1 aliphatic rings. The normalized spacial score (nSPS) is 19.8. The van der Waals surface area contributed by atoms with Crippen molar-refractivity contribution in [3.05, 3.63) is 0 Å². The molecular weight excluding hydrogens is 388 g/mol. The Morgan fingerprint density at radius 3 is 0.769 bits per heavy atom. The van der Waals surface area contributed by atoms with Gasteiger partial charge in [-0.05, 0) is 62.1 Å². The van der Waals surface area contributed by atoms with Crippen LogP contribution in [0.15, 0.2) is 0 Å². The zero-order chi connectivity index (χ0) is 19.8. The van der Waals surface area contributed by atoms with E-state index < -0.39 is 0 Å². The van der Waals surface area contributed by atoms with E-state index >= 15 is 0 Å². The van der Waals surface area contributed by atoms with Crippen molar-refractivity contribution in [1.82, 2.24) is 0 Å². The Morgan fingerprint density at radius 1 is 0.423 bits per heavy atom. The van der Waals surface area contributed by atoms with Gasteiger partial charge in [-0.3, -0.25) is 0 Å². The van der Waals surface area contributed by atoms with Crippen LogP contribution in [0.2, 0.25) is 0 Å². The Hall–Kier alpha value is 1.72. The fourth-order valence-electron chi connectivity index (χ4n) is 6.18. The lowest BCUT2D eigenvalue weighted by molar-refractivity contribution is 0.452. The molecule has 0 atom stereocenters. The third-order valence-electron chi connectivity index (χ3n) is 7.09. The molecule has 0 bridgehead atoms. The van der Waals surface area contributed by atoms with Crippen molar-refractivity contribution < 1.29 is 0 Å². The van der Waals surface area contributed by atoms with Gasteiger partial charge >= 0.3 is 0 Å². The summed E-state index contributed by atoms with van der Waals surface area (Å²) >= 11 is 0. The van der Waals surface area contributed by atoms with Gasteiger partial charge in [0.2, 0.25) is 0 Å². The molecule has 0 unspecified atom stereocenters. The number of hydrogen-bond acceptors (Lipinski definition) is 0. The predicted molar refractivity (Wildman–Crippen MR) is 136 cm³/mol. The molecule has 0 spiro atoms. The summed E-state index contributed by atoms with van der Waals surface area (Å²) < 4.78 is 0. The van der Waals surface area contributed by atoms with Crippen LogP contribution >= 0.6 is 31.7 Å². The van der Waals surface area contributed by atoms with Gasteiger partial charge in [0.1, 0.15) is 0 Å². The first kappa shape index (κ1) is 25.8. The molecule has 0 radical (unpaired) electrons. The molecule has 0 heterocycles. The van der Waals surface area contributed by atoms with E-state index in [2.05, 4.69) is 55.4 Å². The predicted octanol–water partition coefficient (Wildman–Crippen LogP) is 9.04.